The van der Waals surface area contributed by atoms with Crippen LogP contribution in [0.2, 0.25) is 0 Å². The van der Waals surface area contributed by atoms with Gasteiger partial charge in [-0.3, -0.25) is 14.6 Å². The van der Waals surface area contributed by atoms with Gasteiger partial charge >= 0.3 is 6.18 Å². The minimum absolute atomic E-state index is 0.0123. The molecular weight excluding hydrogens is 311 g/mol. The summed E-state index contributed by atoms with van der Waals surface area (Å²) in [5.41, 5.74) is 0.621. The maximum atomic E-state index is 12.1. The molecule has 0 fully saturated rings. The molecule has 120 valence electrons. The standard InChI is InChI=1S/C15H12F3N3O2/c16-15(17,18)9-20-13(22)10-3-1-5-12(7-10)21-14(23)11-4-2-6-19-8-11/h1-8H,9H2,(H,20,22)(H,21,23). The third kappa shape index (κ3) is 5.10. The summed E-state index contributed by atoms with van der Waals surface area (Å²) in [4.78, 5) is 27.4. The van der Waals surface area contributed by atoms with Crippen LogP contribution in [0.1, 0.15) is 20.7 Å². The van der Waals surface area contributed by atoms with E-state index in [1.807, 2.05) is 0 Å². The summed E-state index contributed by atoms with van der Waals surface area (Å²) in [5.74, 6) is -1.31. The normalized spacial score (nSPS) is 10.9. The molecule has 23 heavy (non-hydrogen) atoms. The number of anilines is 1. The molecule has 2 amide bonds. The molecule has 0 unspecified atom stereocenters. The summed E-state index contributed by atoms with van der Waals surface area (Å²) in [5, 5.41) is 4.31. The lowest BCUT2D eigenvalue weighted by Gasteiger charge is -2.10. The van der Waals surface area contributed by atoms with Gasteiger partial charge in [0, 0.05) is 23.6 Å². The van der Waals surface area contributed by atoms with Crippen LogP contribution in [0.15, 0.2) is 48.8 Å². The molecule has 8 heteroatoms. The zero-order valence-electron chi connectivity index (χ0n) is 11.7. The van der Waals surface area contributed by atoms with Crippen LogP contribution in [0.3, 0.4) is 0 Å². The van der Waals surface area contributed by atoms with E-state index in [0.717, 1.165) is 0 Å². The molecule has 0 aliphatic rings. The lowest BCUT2D eigenvalue weighted by Crippen LogP contribution is -2.33. The first kappa shape index (κ1) is 16.5. The summed E-state index contributed by atoms with van der Waals surface area (Å²) in [6.45, 7) is -1.42. The van der Waals surface area contributed by atoms with Gasteiger partial charge in [-0.25, -0.2) is 0 Å². The zero-order chi connectivity index (χ0) is 16.9. The van der Waals surface area contributed by atoms with Gasteiger partial charge in [0.2, 0.25) is 0 Å². The van der Waals surface area contributed by atoms with E-state index in [9.17, 15) is 22.8 Å². The Balaban J connectivity index is 2.05. The summed E-state index contributed by atoms with van der Waals surface area (Å²) >= 11 is 0. The number of amides is 2. The Morgan fingerprint density at radius 1 is 1.04 bits per heavy atom. The molecule has 0 aliphatic carbocycles. The van der Waals surface area contributed by atoms with Crippen molar-refractivity contribution in [2.24, 2.45) is 0 Å². The van der Waals surface area contributed by atoms with E-state index in [2.05, 4.69) is 10.3 Å². The summed E-state index contributed by atoms with van der Waals surface area (Å²) in [6.07, 6.45) is -1.60. The van der Waals surface area contributed by atoms with Crippen LogP contribution in [0.4, 0.5) is 18.9 Å². The van der Waals surface area contributed by atoms with Crippen molar-refractivity contribution in [3.05, 3.63) is 59.9 Å². The number of pyridine rings is 1. The fourth-order valence-electron chi connectivity index (χ4n) is 1.72. The maximum absolute atomic E-state index is 12.1. The van der Waals surface area contributed by atoms with E-state index >= 15 is 0 Å². The van der Waals surface area contributed by atoms with Crippen molar-refractivity contribution in [3.8, 4) is 0 Å². The second-order valence-corrected chi connectivity index (χ2v) is 4.57. The number of rotatable bonds is 4. The van der Waals surface area contributed by atoms with Crippen molar-refractivity contribution in [3.63, 3.8) is 0 Å². The lowest BCUT2D eigenvalue weighted by atomic mass is 10.1. The largest absolute Gasteiger partial charge is 0.405 e. The highest BCUT2D eigenvalue weighted by Crippen LogP contribution is 2.15. The highest BCUT2D eigenvalue weighted by atomic mass is 19.4. The van der Waals surface area contributed by atoms with E-state index in [1.54, 1.807) is 17.4 Å². The number of hydrogen-bond acceptors (Lipinski definition) is 3. The molecule has 5 nitrogen and oxygen atoms in total. The number of carbonyl (C=O) groups excluding carboxylic acids is 2. The molecule has 0 saturated heterocycles. The van der Waals surface area contributed by atoms with Crippen molar-refractivity contribution in [1.82, 2.24) is 10.3 Å². The van der Waals surface area contributed by atoms with Gasteiger partial charge in [0.1, 0.15) is 6.54 Å². The molecule has 0 spiro atoms. The Morgan fingerprint density at radius 2 is 1.78 bits per heavy atom. The topological polar surface area (TPSA) is 71.1 Å². The van der Waals surface area contributed by atoms with E-state index < -0.39 is 24.5 Å². The SMILES string of the molecule is O=C(NCC(F)(F)F)c1cccc(NC(=O)c2cccnc2)c1. The molecule has 2 N–H and O–H groups in total. The molecule has 0 bridgehead atoms. The maximum Gasteiger partial charge on any atom is 0.405 e. The Bertz CT molecular complexity index is 703. The molecule has 0 aliphatic heterocycles. The van der Waals surface area contributed by atoms with Crippen LogP contribution in [-0.2, 0) is 0 Å². The van der Waals surface area contributed by atoms with Gasteiger partial charge in [-0.2, -0.15) is 13.2 Å². The van der Waals surface area contributed by atoms with E-state index in [0.29, 0.717) is 11.3 Å². The monoisotopic (exact) mass is 323 g/mol. The predicted molar refractivity (Wildman–Crippen MR) is 77.0 cm³/mol. The Hall–Kier alpha value is -2.90. The fraction of sp³-hybridized carbons (Fsp3) is 0.133. The van der Waals surface area contributed by atoms with Crippen molar-refractivity contribution in [2.75, 3.05) is 11.9 Å². The average Bonchev–Trinajstić information content (AvgIpc) is 2.53. The number of benzene rings is 1. The van der Waals surface area contributed by atoms with Crippen LogP contribution >= 0.6 is 0 Å². The van der Waals surface area contributed by atoms with Gasteiger partial charge in [0.15, 0.2) is 0 Å². The number of nitrogens with one attached hydrogen (secondary N) is 2. The minimum atomic E-state index is -4.48. The molecule has 1 aromatic carbocycles. The predicted octanol–water partition coefficient (Wildman–Crippen LogP) is 2.63. The number of aromatic nitrogens is 1. The van der Waals surface area contributed by atoms with Crippen LogP contribution < -0.4 is 10.6 Å². The van der Waals surface area contributed by atoms with Gasteiger partial charge in [0.25, 0.3) is 11.8 Å². The Morgan fingerprint density at radius 3 is 2.43 bits per heavy atom. The second kappa shape index (κ2) is 6.91. The fourth-order valence-corrected chi connectivity index (χ4v) is 1.72. The van der Waals surface area contributed by atoms with Gasteiger partial charge in [-0.1, -0.05) is 6.07 Å². The number of carbonyl (C=O) groups is 2. The van der Waals surface area contributed by atoms with Crippen molar-refractivity contribution in [1.29, 1.82) is 0 Å². The number of nitrogens with zero attached hydrogens (tertiary/aromatic N) is 1. The summed E-state index contributed by atoms with van der Waals surface area (Å²) < 4.78 is 36.3. The van der Waals surface area contributed by atoms with Crippen molar-refractivity contribution in [2.45, 2.75) is 6.18 Å². The molecule has 1 aromatic heterocycles. The van der Waals surface area contributed by atoms with Crippen LogP contribution in [0.5, 0.6) is 0 Å². The first-order valence-electron chi connectivity index (χ1n) is 6.51. The molecule has 0 saturated carbocycles. The average molecular weight is 323 g/mol. The number of alkyl halides is 3. The lowest BCUT2D eigenvalue weighted by molar-refractivity contribution is -0.123. The van der Waals surface area contributed by atoms with Crippen LogP contribution in [-0.4, -0.2) is 29.5 Å². The van der Waals surface area contributed by atoms with Crippen LogP contribution in [0, 0.1) is 0 Å². The first-order valence-corrected chi connectivity index (χ1v) is 6.51. The highest BCUT2D eigenvalue weighted by Gasteiger charge is 2.27. The van der Waals surface area contributed by atoms with Gasteiger partial charge < -0.3 is 10.6 Å². The zero-order valence-corrected chi connectivity index (χ0v) is 11.7. The van der Waals surface area contributed by atoms with Gasteiger partial charge in [0.05, 0.1) is 5.56 Å². The van der Waals surface area contributed by atoms with E-state index in [4.69, 9.17) is 0 Å². The van der Waals surface area contributed by atoms with Crippen molar-refractivity contribution < 1.29 is 22.8 Å². The van der Waals surface area contributed by atoms with E-state index in [1.165, 1.54) is 36.7 Å². The van der Waals surface area contributed by atoms with Crippen molar-refractivity contribution >= 4 is 17.5 Å². The summed E-state index contributed by atoms with van der Waals surface area (Å²) in [6, 6.07) is 8.78. The molecule has 1 heterocycles. The molecule has 2 aromatic rings. The quantitative estimate of drug-likeness (QED) is 0.908. The third-order valence-electron chi connectivity index (χ3n) is 2.76. The Labute approximate surface area is 129 Å². The minimum Gasteiger partial charge on any atom is -0.343 e. The highest BCUT2D eigenvalue weighted by molar-refractivity contribution is 6.04. The first-order chi connectivity index (χ1) is 10.8. The number of halogens is 3. The molecular formula is C15H12F3N3O2. The second-order valence-electron chi connectivity index (χ2n) is 4.57. The molecule has 2 rings (SSSR count). The number of hydrogen-bond donors (Lipinski definition) is 2. The smallest absolute Gasteiger partial charge is 0.343 e. The van der Waals surface area contributed by atoms with Gasteiger partial charge in [-0.15, -0.1) is 0 Å². The van der Waals surface area contributed by atoms with E-state index in [-0.39, 0.29) is 5.56 Å². The third-order valence-corrected chi connectivity index (χ3v) is 2.76. The summed E-state index contributed by atoms with van der Waals surface area (Å²) in [7, 11) is 0. The molecule has 0 atom stereocenters. The Kier molecular flexibility index (Phi) is 4.95. The van der Waals surface area contributed by atoms with Gasteiger partial charge in [-0.05, 0) is 30.3 Å². The van der Waals surface area contributed by atoms with Crippen LogP contribution in [0.25, 0.3) is 0 Å². The molecule has 0 radical (unpaired) electrons.